The van der Waals surface area contributed by atoms with E-state index in [4.69, 9.17) is 9.47 Å². The lowest BCUT2D eigenvalue weighted by Crippen LogP contribution is -2.24. The van der Waals surface area contributed by atoms with E-state index in [2.05, 4.69) is 11.4 Å². The molecule has 4 nitrogen and oxygen atoms in total. The van der Waals surface area contributed by atoms with Crippen molar-refractivity contribution in [3.63, 3.8) is 0 Å². The third-order valence-corrected chi connectivity index (χ3v) is 3.75. The Labute approximate surface area is 144 Å². The Bertz CT molecular complexity index is 690. The first-order chi connectivity index (χ1) is 11.5. The third kappa shape index (κ3) is 4.50. The van der Waals surface area contributed by atoms with E-state index in [-0.39, 0.29) is 12.1 Å². The molecule has 4 heteroatoms. The molecule has 0 aliphatic carbocycles. The van der Waals surface area contributed by atoms with Crippen molar-refractivity contribution in [2.24, 2.45) is 0 Å². The molecule has 0 amide bonds. The predicted molar refractivity (Wildman–Crippen MR) is 95.1 cm³/mol. The summed E-state index contributed by atoms with van der Waals surface area (Å²) in [5.74, 6) is 1.56. The molecule has 1 N–H and O–H groups in total. The van der Waals surface area contributed by atoms with Gasteiger partial charge in [-0.3, -0.25) is 5.32 Å². The normalized spacial score (nSPS) is 13.2. The first-order valence-corrected chi connectivity index (χ1v) is 8.10. The molecular formula is C20H24N2O2. The van der Waals surface area contributed by atoms with E-state index in [1.165, 1.54) is 0 Å². The van der Waals surface area contributed by atoms with Gasteiger partial charge in [-0.05, 0) is 44.5 Å². The van der Waals surface area contributed by atoms with Gasteiger partial charge in [0.1, 0.15) is 17.5 Å². The minimum Gasteiger partial charge on any atom is -0.497 e. The quantitative estimate of drug-likeness (QED) is 0.820. The van der Waals surface area contributed by atoms with Gasteiger partial charge in [-0.25, -0.2) is 0 Å². The molecule has 0 fully saturated rings. The summed E-state index contributed by atoms with van der Waals surface area (Å²) in [6.45, 7) is 6.00. The van der Waals surface area contributed by atoms with Gasteiger partial charge in [0.25, 0.3) is 0 Å². The molecule has 24 heavy (non-hydrogen) atoms. The smallest absolute Gasteiger partial charge is 0.125 e. The van der Waals surface area contributed by atoms with Crippen molar-refractivity contribution < 1.29 is 9.47 Å². The highest BCUT2D eigenvalue weighted by Gasteiger charge is 2.19. The second-order valence-corrected chi connectivity index (χ2v) is 5.93. The van der Waals surface area contributed by atoms with Crippen molar-refractivity contribution in [3.8, 4) is 17.6 Å². The van der Waals surface area contributed by atoms with Crippen molar-refractivity contribution in [1.29, 1.82) is 5.26 Å². The standard InChI is InChI=1S/C20H24N2O2/c1-14(2)24-20-8-6-5-7-18(20)19(13-21)22-15(3)16-9-11-17(23-4)12-10-16/h5-12,14-15,19,22H,1-4H3. The van der Waals surface area contributed by atoms with Gasteiger partial charge in [-0.1, -0.05) is 30.3 Å². The molecular weight excluding hydrogens is 300 g/mol. The van der Waals surface area contributed by atoms with Crippen LogP contribution in [0.2, 0.25) is 0 Å². The van der Waals surface area contributed by atoms with E-state index in [0.29, 0.717) is 0 Å². The number of rotatable bonds is 7. The summed E-state index contributed by atoms with van der Waals surface area (Å²) >= 11 is 0. The molecule has 0 spiro atoms. The molecule has 2 aromatic rings. The highest BCUT2D eigenvalue weighted by Crippen LogP contribution is 2.28. The average Bonchev–Trinajstić information content (AvgIpc) is 2.59. The minimum absolute atomic E-state index is 0.0210. The van der Waals surface area contributed by atoms with Crippen LogP contribution >= 0.6 is 0 Å². The average molecular weight is 324 g/mol. The number of methoxy groups -OCH3 is 1. The van der Waals surface area contributed by atoms with Crippen LogP contribution in [0.5, 0.6) is 11.5 Å². The zero-order valence-corrected chi connectivity index (χ0v) is 14.6. The first kappa shape index (κ1) is 17.8. The zero-order valence-electron chi connectivity index (χ0n) is 14.6. The summed E-state index contributed by atoms with van der Waals surface area (Å²) in [7, 11) is 1.65. The van der Waals surface area contributed by atoms with E-state index in [9.17, 15) is 5.26 Å². The number of hydrogen-bond acceptors (Lipinski definition) is 4. The van der Waals surface area contributed by atoms with Crippen LogP contribution < -0.4 is 14.8 Å². The molecule has 2 rings (SSSR count). The number of nitrogens with zero attached hydrogens (tertiary/aromatic N) is 1. The van der Waals surface area contributed by atoms with Gasteiger partial charge in [0.15, 0.2) is 0 Å². The van der Waals surface area contributed by atoms with Gasteiger partial charge in [0, 0.05) is 11.6 Å². The fraction of sp³-hybridized carbons (Fsp3) is 0.350. The first-order valence-electron chi connectivity index (χ1n) is 8.10. The van der Waals surface area contributed by atoms with Crippen LogP contribution in [0.4, 0.5) is 0 Å². The maximum atomic E-state index is 9.63. The third-order valence-electron chi connectivity index (χ3n) is 3.75. The maximum Gasteiger partial charge on any atom is 0.125 e. The van der Waals surface area contributed by atoms with Crippen molar-refractivity contribution in [2.75, 3.05) is 7.11 Å². The Kier molecular flexibility index (Phi) is 6.22. The van der Waals surface area contributed by atoms with Gasteiger partial charge in [-0.2, -0.15) is 5.26 Å². The molecule has 0 aliphatic rings. The van der Waals surface area contributed by atoms with Gasteiger partial charge < -0.3 is 9.47 Å². The van der Waals surface area contributed by atoms with Crippen LogP contribution in [-0.4, -0.2) is 13.2 Å². The molecule has 0 aliphatic heterocycles. The summed E-state index contributed by atoms with van der Waals surface area (Å²) in [4.78, 5) is 0. The summed E-state index contributed by atoms with van der Waals surface area (Å²) in [6.07, 6.45) is 0.0597. The molecule has 2 atom stereocenters. The molecule has 0 heterocycles. The Hall–Kier alpha value is -2.51. The fourth-order valence-corrected chi connectivity index (χ4v) is 2.52. The Morgan fingerprint density at radius 3 is 2.25 bits per heavy atom. The van der Waals surface area contributed by atoms with Crippen LogP contribution in [0.3, 0.4) is 0 Å². The molecule has 2 unspecified atom stereocenters. The Balaban J connectivity index is 2.18. The number of nitriles is 1. The molecule has 126 valence electrons. The summed E-state index contributed by atoms with van der Waals surface area (Å²) < 4.78 is 11.0. The van der Waals surface area contributed by atoms with Crippen molar-refractivity contribution >= 4 is 0 Å². The van der Waals surface area contributed by atoms with Crippen molar-refractivity contribution in [2.45, 2.75) is 39.0 Å². The molecule has 0 saturated carbocycles. The second kappa shape index (κ2) is 8.37. The van der Waals surface area contributed by atoms with Crippen molar-refractivity contribution in [3.05, 3.63) is 59.7 Å². The SMILES string of the molecule is COc1ccc(C(C)NC(C#N)c2ccccc2OC(C)C)cc1. The molecule has 0 bridgehead atoms. The van der Waals surface area contributed by atoms with Gasteiger partial charge >= 0.3 is 0 Å². The minimum atomic E-state index is -0.447. The largest absolute Gasteiger partial charge is 0.497 e. The summed E-state index contributed by atoms with van der Waals surface area (Å²) in [6, 6.07) is 17.4. The lowest BCUT2D eigenvalue weighted by Gasteiger charge is -2.22. The zero-order chi connectivity index (χ0) is 17.5. The van der Waals surface area contributed by atoms with E-state index < -0.39 is 6.04 Å². The van der Waals surface area contributed by atoms with Gasteiger partial charge in [0.2, 0.25) is 0 Å². The topological polar surface area (TPSA) is 54.3 Å². The number of para-hydroxylation sites is 1. The highest BCUT2D eigenvalue weighted by molar-refractivity contribution is 5.39. The summed E-state index contributed by atoms with van der Waals surface area (Å²) in [5.41, 5.74) is 1.95. The van der Waals surface area contributed by atoms with Gasteiger partial charge in [-0.15, -0.1) is 0 Å². The van der Waals surface area contributed by atoms with Crippen LogP contribution in [-0.2, 0) is 0 Å². The molecule has 0 saturated heterocycles. The van der Waals surface area contributed by atoms with E-state index in [1.54, 1.807) is 7.11 Å². The number of hydrogen-bond donors (Lipinski definition) is 1. The fourth-order valence-electron chi connectivity index (χ4n) is 2.52. The second-order valence-electron chi connectivity index (χ2n) is 5.93. The number of nitrogens with one attached hydrogen (secondary N) is 1. The van der Waals surface area contributed by atoms with Crippen LogP contribution in [0.1, 0.15) is 44.0 Å². The Morgan fingerprint density at radius 1 is 1.00 bits per heavy atom. The highest BCUT2D eigenvalue weighted by atomic mass is 16.5. The van der Waals surface area contributed by atoms with Gasteiger partial charge in [0.05, 0.1) is 19.3 Å². The molecule has 0 aromatic heterocycles. The monoisotopic (exact) mass is 324 g/mol. The lowest BCUT2D eigenvalue weighted by molar-refractivity contribution is 0.238. The van der Waals surface area contributed by atoms with E-state index in [1.807, 2.05) is 69.3 Å². The number of benzene rings is 2. The van der Waals surface area contributed by atoms with Crippen LogP contribution in [0.15, 0.2) is 48.5 Å². The molecule has 0 radical (unpaired) electrons. The summed E-state index contributed by atoms with van der Waals surface area (Å²) in [5, 5.41) is 13.0. The van der Waals surface area contributed by atoms with Crippen LogP contribution in [0.25, 0.3) is 0 Å². The Morgan fingerprint density at radius 2 is 1.67 bits per heavy atom. The van der Waals surface area contributed by atoms with E-state index in [0.717, 1.165) is 22.6 Å². The van der Waals surface area contributed by atoms with Crippen molar-refractivity contribution in [1.82, 2.24) is 5.32 Å². The van der Waals surface area contributed by atoms with Crippen LogP contribution in [0, 0.1) is 11.3 Å². The van der Waals surface area contributed by atoms with E-state index >= 15 is 0 Å². The predicted octanol–water partition coefficient (Wildman–Crippen LogP) is 4.40. The molecule has 2 aromatic carbocycles. The number of ether oxygens (including phenoxy) is 2. The maximum absolute atomic E-state index is 9.63. The lowest BCUT2D eigenvalue weighted by atomic mass is 10.0.